The Morgan fingerprint density at radius 3 is 2.90 bits per heavy atom. The number of aromatic amines is 1. The number of aromatic nitrogens is 1. The summed E-state index contributed by atoms with van der Waals surface area (Å²) in [5.74, 6) is -0.119. The summed E-state index contributed by atoms with van der Waals surface area (Å²) in [5.41, 5.74) is 7.57. The van der Waals surface area contributed by atoms with E-state index in [1.807, 2.05) is 26.0 Å². The normalized spacial score (nSPS) is 24.4. The topological polar surface area (TPSA) is 91.1 Å². The van der Waals surface area contributed by atoms with E-state index in [0.717, 1.165) is 10.9 Å². The quantitative estimate of drug-likeness (QED) is 0.627. The number of amides is 1. The number of hydrogen-bond donors (Lipinski definition) is 4. The van der Waals surface area contributed by atoms with Crippen molar-refractivity contribution < 1.29 is 9.90 Å². The minimum atomic E-state index is -0.351. The summed E-state index contributed by atoms with van der Waals surface area (Å²) in [7, 11) is 0. The number of nitrogen functional groups attached to an aromatic ring is 1. The monoisotopic (exact) mass is 273 g/mol. The van der Waals surface area contributed by atoms with E-state index in [1.54, 1.807) is 12.3 Å². The van der Waals surface area contributed by atoms with Crippen LogP contribution in [0.15, 0.2) is 24.4 Å². The second-order valence-electron chi connectivity index (χ2n) is 6.11. The first-order chi connectivity index (χ1) is 9.39. The van der Waals surface area contributed by atoms with Gasteiger partial charge in [-0.15, -0.1) is 0 Å². The zero-order valence-electron chi connectivity index (χ0n) is 11.6. The van der Waals surface area contributed by atoms with Gasteiger partial charge < -0.3 is 21.1 Å². The summed E-state index contributed by atoms with van der Waals surface area (Å²) in [6.45, 7) is 3.92. The Morgan fingerprint density at radius 1 is 1.50 bits per heavy atom. The highest BCUT2D eigenvalue weighted by Crippen LogP contribution is 2.40. The molecule has 0 radical (unpaired) electrons. The molecule has 3 rings (SSSR count). The van der Waals surface area contributed by atoms with E-state index < -0.39 is 0 Å². The fraction of sp³-hybridized carbons (Fsp3) is 0.400. The maximum Gasteiger partial charge on any atom is 0.253 e. The van der Waals surface area contributed by atoms with Crippen LogP contribution in [-0.4, -0.2) is 28.1 Å². The molecule has 0 bridgehead atoms. The Hall–Kier alpha value is -2.01. The first-order valence-corrected chi connectivity index (χ1v) is 6.75. The van der Waals surface area contributed by atoms with E-state index in [1.165, 1.54) is 0 Å². The van der Waals surface area contributed by atoms with Crippen molar-refractivity contribution in [2.24, 2.45) is 5.41 Å². The molecule has 0 saturated heterocycles. The molecule has 0 spiro atoms. The number of rotatable bonds is 2. The largest absolute Gasteiger partial charge is 0.399 e. The van der Waals surface area contributed by atoms with E-state index in [-0.39, 0.29) is 23.5 Å². The highest BCUT2D eigenvalue weighted by atomic mass is 16.3. The third kappa shape index (κ3) is 1.86. The van der Waals surface area contributed by atoms with E-state index >= 15 is 0 Å². The summed E-state index contributed by atoms with van der Waals surface area (Å²) >= 11 is 0. The second-order valence-corrected chi connectivity index (χ2v) is 6.11. The van der Waals surface area contributed by atoms with Gasteiger partial charge in [0, 0.05) is 34.2 Å². The fourth-order valence-electron chi connectivity index (χ4n) is 2.72. The number of nitrogens with one attached hydrogen (secondary N) is 2. The van der Waals surface area contributed by atoms with Crippen LogP contribution in [0.4, 0.5) is 5.69 Å². The van der Waals surface area contributed by atoms with Crippen LogP contribution in [0.3, 0.4) is 0 Å². The van der Waals surface area contributed by atoms with Crippen molar-refractivity contribution in [1.82, 2.24) is 10.3 Å². The minimum absolute atomic E-state index is 0.00346. The van der Waals surface area contributed by atoms with Gasteiger partial charge in [-0.3, -0.25) is 4.79 Å². The number of carbonyl (C=O) groups is 1. The number of anilines is 1. The molecule has 1 saturated carbocycles. The molecule has 0 aliphatic heterocycles. The molecule has 1 aliphatic rings. The lowest BCUT2D eigenvalue weighted by atomic mass is 9.64. The van der Waals surface area contributed by atoms with E-state index in [4.69, 9.17) is 5.73 Å². The maximum atomic E-state index is 12.4. The van der Waals surface area contributed by atoms with Gasteiger partial charge in [-0.25, -0.2) is 0 Å². The highest BCUT2D eigenvalue weighted by molar-refractivity contribution is 6.07. The molecule has 5 heteroatoms. The molecular formula is C15H19N3O2. The molecule has 1 amide bonds. The van der Waals surface area contributed by atoms with Crippen LogP contribution in [0.25, 0.3) is 10.9 Å². The first kappa shape index (κ1) is 13.0. The summed E-state index contributed by atoms with van der Waals surface area (Å²) in [4.78, 5) is 15.4. The van der Waals surface area contributed by atoms with Crippen LogP contribution in [0.1, 0.15) is 30.6 Å². The van der Waals surface area contributed by atoms with E-state index in [9.17, 15) is 9.90 Å². The average molecular weight is 273 g/mol. The lowest BCUT2D eigenvalue weighted by molar-refractivity contribution is -0.0689. The molecule has 2 unspecified atom stereocenters. The molecule has 2 atom stereocenters. The Morgan fingerprint density at radius 2 is 2.25 bits per heavy atom. The third-order valence-electron chi connectivity index (χ3n) is 4.47. The molecule has 1 heterocycles. The Balaban J connectivity index is 1.83. The average Bonchev–Trinajstić information content (AvgIpc) is 2.81. The van der Waals surface area contributed by atoms with E-state index in [2.05, 4.69) is 10.3 Å². The molecule has 5 nitrogen and oxygen atoms in total. The van der Waals surface area contributed by atoms with Crippen molar-refractivity contribution >= 4 is 22.5 Å². The number of benzene rings is 1. The highest BCUT2D eigenvalue weighted by Gasteiger charge is 2.48. The number of hydrogen-bond acceptors (Lipinski definition) is 3. The van der Waals surface area contributed by atoms with Crippen molar-refractivity contribution in [3.8, 4) is 0 Å². The summed E-state index contributed by atoms with van der Waals surface area (Å²) in [6, 6.07) is 5.44. The molecule has 1 fully saturated rings. The van der Waals surface area contributed by atoms with Gasteiger partial charge >= 0.3 is 0 Å². The number of nitrogens with two attached hydrogens (primary N) is 1. The Bertz CT molecular complexity index is 675. The van der Waals surface area contributed by atoms with Gasteiger partial charge in [0.25, 0.3) is 5.91 Å². The molecule has 5 N–H and O–H groups in total. The number of fused-ring (bicyclic) bond motifs is 1. The van der Waals surface area contributed by atoms with Crippen LogP contribution < -0.4 is 11.1 Å². The number of H-pyrrole nitrogens is 1. The molecule has 1 aliphatic carbocycles. The van der Waals surface area contributed by atoms with Crippen molar-refractivity contribution in [3.63, 3.8) is 0 Å². The third-order valence-corrected chi connectivity index (χ3v) is 4.47. The molecule has 1 aromatic carbocycles. The number of aliphatic hydroxyl groups is 1. The maximum absolute atomic E-state index is 12.4. The number of carbonyl (C=O) groups excluding carboxylic acids is 1. The van der Waals surface area contributed by atoms with Crippen molar-refractivity contribution in [2.45, 2.75) is 32.4 Å². The van der Waals surface area contributed by atoms with Crippen LogP contribution >= 0.6 is 0 Å². The Kier molecular flexibility index (Phi) is 2.76. The summed E-state index contributed by atoms with van der Waals surface area (Å²) in [6.07, 6.45) is 1.95. The lowest BCUT2D eigenvalue weighted by Gasteiger charge is -2.49. The SMILES string of the molecule is CC1(C)C(O)CC1NC(=O)c1c[nH]c2cc(N)ccc12. The standard InChI is InChI=1S/C15H19N3O2/c1-15(2)12(6-13(15)19)18-14(20)10-7-17-11-5-8(16)3-4-9(10)11/h3-5,7,12-13,17,19H,6,16H2,1-2H3,(H,18,20). The zero-order chi connectivity index (χ0) is 14.5. The number of aliphatic hydroxyl groups excluding tert-OH is 1. The van der Waals surface area contributed by atoms with Gasteiger partial charge in [-0.1, -0.05) is 13.8 Å². The molecular weight excluding hydrogens is 254 g/mol. The van der Waals surface area contributed by atoms with E-state index in [0.29, 0.717) is 17.7 Å². The van der Waals surface area contributed by atoms with Crippen molar-refractivity contribution in [3.05, 3.63) is 30.0 Å². The molecule has 2 aromatic rings. The van der Waals surface area contributed by atoms with Crippen LogP contribution in [0.5, 0.6) is 0 Å². The van der Waals surface area contributed by atoms with Crippen LogP contribution in [0, 0.1) is 5.41 Å². The predicted molar refractivity (Wildman–Crippen MR) is 78.4 cm³/mol. The summed E-state index contributed by atoms with van der Waals surface area (Å²) in [5, 5.41) is 13.6. The van der Waals surface area contributed by atoms with Gasteiger partial charge in [0.2, 0.25) is 0 Å². The predicted octanol–water partition coefficient (Wildman–Crippen LogP) is 1.64. The van der Waals surface area contributed by atoms with Gasteiger partial charge in [0.15, 0.2) is 0 Å². The van der Waals surface area contributed by atoms with Crippen molar-refractivity contribution in [1.29, 1.82) is 0 Å². The van der Waals surface area contributed by atoms with Crippen molar-refractivity contribution in [2.75, 3.05) is 5.73 Å². The molecule has 1 aromatic heterocycles. The van der Waals surface area contributed by atoms with Gasteiger partial charge in [-0.2, -0.15) is 0 Å². The van der Waals surface area contributed by atoms with Gasteiger partial charge in [0.1, 0.15) is 0 Å². The summed E-state index contributed by atoms with van der Waals surface area (Å²) < 4.78 is 0. The lowest BCUT2D eigenvalue weighted by Crippen LogP contribution is -2.61. The Labute approximate surface area is 117 Å². The smallest absolute Gasteiger partial charge is 0.253 e. The van der Waals surface area contributed by atoms with Gasteiger partial charge in [0.05, 0.1) is 11.7 Å². The minimum Gasteiger partial charge on any atom is -0.399 e. The fourth-order valence-corrected chi connectivity index (χ4v) is 2.72. The first-order valence-electron chi connectivity index (χ1n) is 6.75. The second kappa shape index (κ2) is 4.24. The molecule has 20 heavy (non-hydrogen) atoms. The van der Waals surface area contributed by atoms with Gasteiger partial charge in [-0.05, 0) is 24.6 Å². The zero-order valence-corrected chi connectivity index (χ0v) is 11.6. The van der Waals surface area contributed by atoms with Crippen LogP contribution in [0.2, 0.25) is 0 Å². The van der Waals surface area contributed by atoms with Crippen LogP contribution in [-0.2, 0) is 0 Å². The molecule has 106 valence electrons.